The van der Waals surface area contributed by atoms with Crippen molar-refractivity contribution in [3.05, 3.63) is 0 Å². The first-order valence-corrected chi connectivity index (χ1v) is 14.1. The first kappa shape index (κ1) is 34.8. The highest BCUT2D eigenvalue weighted by molar-refractivity contribution is 5.85. The van der Waals surface area contributed by atoms with Crippen molar-refractivity contribution >= 4 is 18.3 Å². The smallest absolute Gasteiger partial charge is 0.275 e. The summed E-state index contributed by atoms with van der Waals surface area (Å²) in [4.78, 5) is 12.2. The molecule has 1 amide bonds. The summed E-state index contributed by atoms with van der Waals surface area (Å²) < 4.78 is 1.76. The van der Waals surface area contributed by atoms with Crippen LogP contribution in [-0.2, 0) is 4.79 Å². The molecule has 0 atom stereocenters. The number of quaternary nitrogens is 2. The predicted molar refractivity (Wildman–Crippen MR) is 149 cm³/mol. The summed E-state index contributed by atoms with van der Waals surface area (Å²) in [5, 5.41) is 3.10. The van der Waals surface area contributed by atoms with Crippen LogP contribution in [0, 0.1) is 0 Å². The minimum atomic E-state index is 0. The third kappa shape index (κ3) is 27.8. The van der Waals surface area contributed by atoms with E-state index in [1.807, 2.05) is 0 Å². The van der Waals surface area contributed by atoms with Crippen molar-refractivity contribution in [1.29, 1.82) is 0 Å². The molecule has 0 aliphatic rings. The molecule has 0 aromatic carbocycles. The summed E-state index contributed by atoms with van der Waals surface area (Å²) in [6.45, 7) is 5.89. The van der Waals surface area contributed by atoms with Gasteiger partial charge in [-0.15, -0.1) is 12.4 Å². The van der Waals surface area contributed by atoms with Crippen LogP contribution in [0.5, 0.6) is 0 Å². The van der Waals surface area contributed by atoms with Crippen molar-refractivity contribution in [1.82, 2.24) is 5.32 Å². The van der Waals surface area contributed by atoms with Crippen molar-refractivity contribution in [3.63, 3.8) is 0 Å². The summed E-state index contributed by atoms with van der Waals surface area (Å²) in [6.07, 6.45) is 23.5. The zero-order valence-electron chi connectivity index (χ0n) is 23.6. The zero-order chi connectivity index (χ0) is 24.1. The highest BCUT2D eigenvalue weighted by Crippen LogP contribution is 2.14. The van der Waals surface area contributed by atoms with E-state index in [0.29, 0.717) is 6.54 Å². The van der Waals surface area contributed by atoms with Crippen LogP contribution >= 0.6 is 12.4 Å². The molecular formula is C28H62ClN3O+2. The van der Waals surface area contributed by atoms with E-state index in [4.69, 9.17) is 0 Å². The lowest BCUT2D eigenvalue weighted by Crippen LogP contribution is -2.48. The van der Waals surface area contributed by atoms with Gasteiger partial charge < -0.3 is 14.3 Å². The Morgan fingerprint density at radius 3 is 1.36 bits per heavy atom. The van der Waals surface area contributed by atoms with Crippen LogP contribution in [-0.4, -0.2) is 76.3 Å². The maximum absolute atomic E-state index is 12.2. The first-order valence-electron chi connectivity index (χ1n) is 14.1. The van der Waals surface area contributed by atoms with Gasteiger partial charge in [0.15, 0.2) is 6.54 Å². The molecule has 0 saturated carbocycles. The molecule has 0 saturated heterocycles. The SMILES string of the molecule is CCCCCCCCCCCCCCCCCC[N+](C)(C)CC(=O)NCCC[N+](C)(C)C.Cl. The summed E-state index contributed by atoms with van der Waals surface area (Å²) in [7, 11) is 11.0. The maximum atomic E-state index is 12.2. The number of carbonyl (C=O) groups is 1. The molecule has 0 rings (SSSR count). The van der Waals surface area contributed by atoms with Crippen molar-refractivity contribution in [2.45, 2.75) is 116 Å². The molecule has 0 heterocycles. The van der Waals surface area contributed by atoms with Crippen LogP contribution in [0.2, 0.25) is 0 Å². The summed E-state index contributed by atoms with van der Waals surface area (Å²) >= 11 is 0. The first-order chi connectivity index (χ1) is 15.2. The number of amides is 1. The second-order valence-electron chi connectivity index (χ2n) is 11.8. The Balaban J connectivity index is 0. The molecular weight excluding hydrogens is 430 g/mol. The van der Waals surface area contributed by atoms with Crippen LogP contribution in [0.15, 0.2) is 0 Å². The largest absolute Gasteiger partial charge is 0.351 e. The maximum Gasteiger partial charge on any atom is 0.275 e. The van der Waals surface area contributed by atoms with E-state index in [0.717, 1.165) is 35.0 Å². The average Bonchev–Trinajstić information content (AvgIpc) is 2.70. The average molecular weight is 492 g/mol. The molecule has 4 nitrogen and oxygen atoms in total. The van der Waals surface area contributed by atoms with E-state index in [1.165, 1.54) is 103 Å². The van der Waals surface area contributed by atoms with Gasteiger partial charge in [0.25, 0.3) is 5.91 Å². The molecule has 0 spiro atoms. The number of likely N-dealkylation sites (N-methyl/N-ethyl adjacent to an activating group) is 1. The van der Waals surface area contributed by atoms with Gasteiger partial charge >= 0.3 is 0 Å². The third-order valence-electron chi connectivity index (χ3n) is 6.52. The van der Waals surface area contributed by atoms with Crippen molar-refractivity contribution in [2.24, 2.45) is 0 Å². The van der Waals surface area contributed by atoms with E-state index in [9.17, 15) is 4.79 Å². The van der Waals surface area contributed by atoms with Gasteiger partial charge in [0.2, 0.25) is 0 Å². The normalized spacial score (nSPS) is 11.9. The van der Waals surface area contributed by atoms with Crippen molar-refractivity contribution in [2.75, 3.05) is 61.4 Å². The van der Waals surface area contributed by atoms with Gasteiger partial charge in [-0.05, 0) is 12.8 Å². The molecule has 1 N–H and O–H groups in total. The number of nitrogens with zero attached hydrogens (tertiary/aromatic N) is 2. The minimum absolute atomic E-state index is 0. The molecule has 0 aliphatic heterocycles. The lowest BCUT2D eigenvalue weighted by Gasteiger charge is -2.29. The lowest BCUT2D eigenvalue weighted by molar-refractivity contribution is -0.882. The van der Waals surface area contributed by atoms with E-state index in [2.05, 4.69) is 47.5 Å². The Morgan fingerprint density at radius 1 is 0.576 bits per heavy atom. The van der Waals surface area contributed by atoms with E-state index in [-0.39, 0.29) is 18.3 Å². The van der Waals surface area contributed by atoms with E-state index < -0.39 is 0 Å². The highest BCUT2D eigenvalue weighted by Gasteiger charge is 2.19. The fraction of sp³-hybridized carbons (Fsp3) is 0.964. The van der Waals surface area contributed by atoms with Gasteiger partial charge in [0.1, 0.15) is 0 Å². The number of carbonyl (C=O) groups excluding carboxylic acids is 1. The van der Waals surface area contributed by atoms with Crippen LogP contribution in [0.1, 0.15) is 116 Å². The highest BCUT2D eigenvalue weighted by atomic mass is 35.5. The fourth-order valence-corrected chi connectivity index (χ4v) is 4.39. The Labute approximate surface area is 214 Å². The second-order valence-corrected chi connectivity index (χ2v) is 11.8. The van der Waals surface area contributed by atoms with E-state index >= 15 is 0 Å². The summed E-state index contributed by atoms with van der Waals surface area (Å²) in [6, 6.07) is 0. The minimum Gasteiger partial charge on any atom is -0.351 e. The van der Waals surface area contributed by atoms with Gasteiger partial charge in [0.05, 0.1) is 48.3 Å². The second kappa shape index (κ2) is 22.2. The van der Waals surface area contributed by atoms with Gasteiger partial charge in [0, 0.05) is 13.0 Å². The molecule has 0 radical (unpaired) electrons. The lowest BCUT2D eigenvalue weighted by atomic mass is 10.0. The van der Waals surface area contributed by atoms with Gasteiger partial charge in [-0.25, -0.2) is 0 Å². The summed E-state index contributed by atoms with van der Waals surface area (Å²) in [5.74, 6) is 0.202. The molecule has 0 fully saturated rings. The number of rotatable bonds is 23. The number of hydrogen-bond acceptors (Lipinski definition) is 1. The van der Waals surface area contributed by atoms with Crippen molar-refractivity contribution < 1.29 is 13.8 Å². The van der Waals surface area contributed by atoms with Gasteiger partial charge in [-0.3, -0.25) is 4.79 Å². The molecule has 0 aromatic rings. The van der Waals surface area contributed by atoms with Crippen LogP contribution in [0.3, 0.4) is 0 Å². The number of unbranched alkanes of at least 4 members (excludes halogenated alkanes) is 15. The molecule has 0 aliphatic carbocycles. The standard InChI is InChI=1S/C28H60N3O.ClH/c1-7-8-9-10-11-12-13-14-15-16-17-18-19-20-21-22-26-31(5,6)27-28(32)29-24-23-25-30(2,3)4;/h7-27H2,1-6H3;1H/q+1;/p+1. The molecule has 33 heavy (non-hydrogen) atoms. The third-order valence-corrected chi connectivity index (χ3v) is 6.52. The Kier molecular flexibility index (Phi) is 23.4. The topological polar surface area (TPSA) is 29.1 Å². The predicted octanol–water partition coefficient (Wildman–Crippen LogP) is 6.96. The fourth-order valence-electron chi connectivity index (χ4n) is 4.39. The molecule has 5 heteroatoms. The monoisotopic (exact) mass is 491 g/mol. The molecule has 200 valence electrons. The zero-order valence-corrected chi connectivity index (χ0v) is 24.4. The van der Waals surface area contributed by atoms with Crippen LogP contribution in [0.4, 0.5) is 0 Å². The number of nitrogens with one attached hydrogen (secondary N) is 1. The summed E-state index contributed by atoms with van der Waals surface area (Å²) in [5.41, 5.74) is 0. The number of halogens is 1. The Hall–Kier alpha value is -0.320. The quantitative estimate of drug-likeness (QED) is 0.121. The van der Waals surface area contributed by atoms with Crippen LogP contribution < -0.4 is 5.32 Å². The van der Waals surface area contributed by atoms with Crippen LogP contribution in [0.25, 0.3) is 0 Å². The van der Waals surface area contributed by atoms with Gasteiger partial charge in [-0.1, -0.05) is 96.8 Å². The van der Waals surface area contributed by atoms with Gasteiger partial charge in [-0.2, -0.15) is 0 Å². The molecule has 0 aromatic heterocycles. The van der Waals surface area contributed by atoms with Crippen molar-refractivity contribution in [3.8, 4) is 0 Å². The van der Waals surface area contributed by atoms with E-state index in [1.54, 1.807) is 0 Å². The Bertz CT molecular complexity index is 435. The molecule has 0 unspecified atom stereocenters. The number of hydrogen-bond donors (Lipinski definition) is 1. The molecule has 0 bridgehead atoms. The Morgan fingerprint density at radius 2 is 0.970 bits per heavy atom.